The van der Waals surface area contributed by atoms with E-state index in [1.807, 2.05) is 0 Å². The van der Waals surface area contributed by atoms with Gasteiger partial charge in [-0.3, -0.25) is 14.9 Å². The Morgan fingerprint density at radius 1 is 1.41 bits per heavy atom. The number of carbonyl (C=O) groups excluding carboxylic acids is 1. The molecule has 2 aliphatic rings. The lowest BCUT2D eigenvalue weighted by molar-refractivity contribution is -0.384. The van der Waals surface area contributed by atoms with Crippen LogP contribution in [0, 0.1) is 22.0 Å². The van der Waals surface area contributed by atoms with Gasteiger partial charge >= 0.3 is 6.18 Å². The Balaban J connectivity index is 1.87. The molecule has 1 aliphatic carbocycles. The van der Waals surface area contributed by atoms with Gasteiger partial charge in [-0.2, -0.15) is 23.3 Å². The second-order valence-corrected chi connectivity index (χ2v) is 7.05. The first-order chi connectivity index (χ1) is 12.5. The number of hydrazone groups is 1. The number of fused-ring (bicyclic) bond motifs is 1. The minimum absolute atomic E-state index is 0.0208. The van der Waals surface area contributed by atoms with Crippen LogP contribution >= 0.6 is 0 Å². The molecular formula is C17H18F3N3O4. The molecule has 27 heavy (non-hydrogen) atoms. The summed E-state index contributed by atoms with van der Waals surface area (Å²) in [6, 6.07) is 4.91. The van der Waals surface area contributed by atoms with Crippen molar-refractivity contribution in [2.24, 2.45) is 16.9 Å². The lowest BCUT2D eigenvalue weighted by Crippen LogP contribution is -2.62. The monoisotopic (exact) mass is 385 g/mol. The number of rotatable bonds is 3. The molecular weight excluding hydrogens is 367 g/mol. The van der Waals surface area contributed by atoms with Crippen molar-refractivity contribution in [3.63, 3.8) is 0 Å². The average molecular weight is 385 g/mol. The first kappa shape index (κ1) is 19.3. The highest BCUT2D eigenvalue weighted by molar-refractivity contribution is 5.93. The fourth-order valence-corrected chi connectivity index (χ4v) is 3.64. The summed E-state index contributed by atoms with van der Waals surface area (Å²) in [6.45, 7) is 1.80. The van der Waals surface area contributed by atoms with E-state index >= 15 is 0 Å². The van der Waals surface area contributed by atoms with E-state index in [1.165, 1.54) is 12.1 Å². The smallest absolute Gasteiger partial charge is 0.362 e. The van der Waals surface area contributed by atoms with Gasteiger partial charge in [0.15, 0.2) is 0 Å². The fourth-order valence-electron chi connectivity index (χ4n) is 3.64. The third-order valence-corrected chi connectivity index (χ3v) is 5.13. The predicted octanol–water partition coefficient (Wildman–Crippen LogP) is 3.02. The molecule has 3 rings (SSSR count). The number of nitro benzene ring substituents is 1. The van der Waals surface area contributed by atoms with Gasteiger partial charge in [0.25, 0.3) is 11.4 Å². The van der Waals surface area contributed by atoms with Gasteiger partial charge in [-0.05, 0) is 30.7 Å². The van der Waals surface area contributed by atoms with Crippen molar-refractivity contribution < 1.29 is 28.0 Å². The summed E-state index contributed by atoms with van der Waals surface area (Å²) < 4.78 is 41.2. The quantitative estimate of drug-likeness (QED) is 0.639. The van der Waals surface area contributed by atoms with Gasteiger partial charge in [-0.25, -0.2) is 0 Å². The van der Waals surface area contributed by atoms with E-state index in [0.29, 0.717) is 18.4 Å². The molecule has 0 bridgehead atoms. The Morgan fingerprint density at radius 2 is 2.04 bits per heavy atom. The van der Waals surface area contributed by atoms with Crippen LogP contribution < -0.4 is 0 Å². The molecule has 0 aromatic heterocycles. The number of halogens is 3. The van der Waals surface area contributed by atoms with Crippen LogP contribution in [0.1, 0.15) is 31.7 Å². The highest BCUT2D eigenvalue weighted by Crippen LogP contribution is 2.49. The van der Waals surface area contributed by atoms with E-state index in [9.17, 15) is 33.2 Å². The molecule has 146 valence electrons. The summed E-state index contributed by atoms with van der Waals surface area (Å²) in [4.78, 5) is 22.6. The molecule has 0 unspecified atom stereocenters. The van der Waals surface area contributed by atoms with Crippen molar-refractivity contribution in [1.82, 2.24) is 5.01 Å². The number of nitro groups is 1. The maximum absolute atomic E-state index is 13.7. The number of carbonyl (C=O) groups is 1. The molecule has 0 spiro atoms. The lowest BCUT2D eigenvalue weighted by atomic mass is 9.76. The first-order valence-corrected chi connectivity index (χ1v) is 8.47. The van der Waals surface area contributed by atoms with E-state index in [1.54, 1.807) is 6.92 Å². The number of alkyl halides is 3. The minimum Gasteiger partial charge on any atom is -0.362 e. The Hall–Kier alpha value is -2.49. The third kappa shape index (κ3) is 3.29. The van der Waals surface area contributed by atoms with Crippen molar-refractivity contribution in [2.75, 3.05) is 0 Å². The van der Waals surface area contributed by atoms with Crippen LogP contribution in [0.25, 0.3) is 0 Å². The zero-order valence-corrected chi connectivity index (χ0v) is 14.4. The maximum Gasteiger partial charge on any atom is 0.439 e. The van der Waals surface area contributed by atoms with E-state index < -0.39 is 35.1 Å². The van der Waals surface area contributed by atoms with Gasteiger partial charge < -0.3 is 5.11 Å². The van der Waals surface area contributed by atoms with Gasteiger partial charge in [0, 0.05) is 17.8 Å². The lowest BCUT2D eigenvalue weighted by Gasteiger charge is -2.39. The molecule has 1 N–H and O–H groups in total. The van der Waals surface area contributed by atoms with Gasteiger partial charge in [0.05, 0.1) is 17.3 Å². The van der Waals surface area contributed by atoms with Gasteiger partial charge in [0.2, 0.25) is 5.91 Å². The summed E-state index contributed by atoms with van der Waals surface area (Å²) in [7, 11) is 0. The van der Waals surface area contributed by atoms with Gasteiger partial charge in [0.1, 0.15) is 0 Å². The van der Waals surface area contributed by atoms with Crippen molar-refractivity contribution >= 4 is 17.3 Å². The molecule has 3 atom stereocenters. The first-order valence-electron chi connectivity index (χ1n) is 8.47. The van der Waals surface area contributed by atoms with Gasteiger partial charge in [-0.1, -0.05) is 19.1 Å². The number of nitrogens with zero attached hydrogens (tertiary/aromatic N) is 3. The van der Waals surface area contributed by atoms with Crippen LogP contribution in [0.2, 0.25) is 0 Å². The number of amides is 1. The standard InChI is InChI=1S/C17H18F3N3O4/c1-10-2-7-14-13(8-10)16(25,17(18,19)20)22(21-14)15(24)9-11-3-5-12(6-4-11)23(26)27/h3-6,10,13,25H,2,7-9H2,1H3/t10-,13-,16-/m1/s1. The second-order valence-electron chi connectivity index (χ2n) is 7.05. The highest BCUT2D eigenvalue weighted by Gasteiger charge is 2.68. The van der Waals surface area contributed by atoms with Crippen LogP contribution in [0.15, 0.2) is 29.4 Å². The van der Waals surface area contributed by atoms with E-state index in [4.69, 9.17) is 0 Å². The molecule has 1 aromatic rings. The topological polar surface area (TPSA) is 96.0 Å². The van der Waals surface area contributed by atoms with Crippen LogP contribution in [0.3, 0.4) is 0 Å². The second kappa shape index (κ2) is 6.59. The zero-order chi connectivity index (χ0) is 20.0. The van der Waals surface area contributed by atoms with E-state index in [-0.39, 0.29) is 28.7 Å². The van der Waals surface area contributed by atoms with E-state index in [2.05, 4.69) is 5.10 Å². The molecule has 1 aromatic carbocycles. The molecule has 1 saturated carbocycles. The number of hydrogen-bond acceptors (Lipinski definition) is 5. The Morgan fingerprint density at radius 3 is 2.59 bits per heavy atom. The highest BCUT2D eigenvalue weighted by atomic mass is 19.4. The van der Waals surface area contributed by atoms with Crippen molar-refractivity contribution in [2.45, 2.75) is 44.5 Å². The fraction of sp³-hybridized carbons (Fsp3) is 0.529. The average Bonchev–Trinajstić information content (AvgIpc) is 2.89. The number of hydrogen-bond donors (Lipinski definition) is 1. The Labute approximate surface area is 152 Å². The van der Waals surface area contributed by atoms with Crippen molar-refractivity contribution in [3.05, 3.63) is 39.9 Å². The summed E-state index contributed by atoms with van der Waals surface area (Å²) in [5.41, 5.74) is -3.09. The van der Waals surface area contributed by atoms with Crippen molar-refractivity contribution in [3.8, 4) is 0 Å². The Kier molecular flexibility index (Phi) is 4.71. The number of aliphatic hydroxyl groups is 1. The minimum atomic E-state index is -5.06. The third-order valence-electron chi connectivity index (χ3n) is 5.13. The van der Waals surface area contributed by atoms with Crippen molar-refractivity contribution in [1.29, 1.82) is 0 Å². The SMILES string of the molecule is C[C@@H]1CCC2=NN(C(=O)Cc3ccc([N+](=O)[O-])cc3)[C@](O)(C(F)(F)F)[C@@H]2C1. The van der Waals surface area contributed by atoms with Gasteiger partial charge in [-0.15, -0.1) is 0 Å². The molecule has 1 amide bonds. The number of non-ortho nitro benzene ring substituents is 1. The molecule has 7 nitrogen and oxygen atoms in total. The summed E-state index contributed by atoms with van der Waals surface area (Å²) in [6.07, 6.45) is -4.49. The molecule has 10 heteroatoms. The zero-order valence-electron chi connectivity index (χ0n) is 14.4. The molecule has 0 radical (unpaired) electrons. The normalized spacial score (nSPS) is 27.9. The molecule has 1 aliphatic heterocycles. The molecule has 0 saturated heterocycles. The number of benzene rings is 1. The predicted molar refractivity (Wildman–Crippen MR) is 88.6 cm³/mol. The summed E-state index contributed by atoms with van der Waals surface area (Å²) in [5.74, 6) is -2.31. The molecule has 1 fully saturated rings. The van der Waals surface area contributed by atoms with Crippen LogP contribution in [-0.4, -0.2) is 38.6 Å². The maximum atomic E-state index is 13.7. The largest absolute Gasteiger partial charge is 0.439 e. The van der Waals surface area contributed by atoms with Crippen LogP contribution in [0.4, 0.5) is 18.9 Å². The van der Waals surface area contributed by atoms with Crippen LogP contribution in [0.5, 0.6) is 0 Å². The van der Waals surface area contributed by atoms with E-state index in [0.717, 1.165) is 12.1 Å². The summed E-state index contributed by atoms with van der Waals surface area (Å²) in [5, 5.41) is 25.2. The Bertz CT molecular complexity index is 794. The molecule has 1 heterocycles. The van der Waals surface area contributed by atoms with Crippen LogP contribution in [-0.2, 0) is 11.2 Å². The summed E-state index contributed by atoms with van der Waals surface area (Å²) >= 11 is 0.